The molecular weight excluding hydrogens is 216 g/mol. The van der Waals surface area contributed by atoms with Gasteiger partial charge in [0.1, 0.15) is 0 Å². The number of aromatic nitrogens is 2. The van der Waals surface area contributed by atoms with E-state index in [1.807, 2.05) is 31.3 Å². The van der Waals surface area contributed by atoms with Crippen LogP contribution in [0.15, 0.2) is 24.3 Å². The summed E-state index contributed by atoms with van der Waals surface area (Å²) in [6.07, 6.45) is 1.90. The maximum Gasteiger partial charge on any atom is 0.359 e. The van der Waals surface area contributed by atoms with Crippen molar-refractivity contribution in [3.8, 4) is 0 Å². The Balaban J connectivity index is 2.26. The van der Waals surface area contributed by atoms with Gasteiger partial charge in [0.2, 0.25) is 0 Å². The molecule has 0 saturated carbocycles. The van der Waals surface area contributed by atoms with Gasteiger partial charge in [0.05, 0.1) is 12.1 Å². The largest absolute Gasteiger partial charge is 0.461 e. The number of hydrogen-bond acceptors (Lipinski definition) is 3. The number of fused-ring (bicyclic) bond motifs is 1. The van der Waals surface area contributed by atoms with Gasteiger partial charge >= 0.3 is 5.97 Å². The highest BCUT2D eigenvalue weighted by molar-refractivity contribution is 6.02. The Morgan fingerprint density at radius 2 is 2.18 bits per heavy atom. The minimum absolute atomic E-state index is 0.338. The second kappa shape index (κ2) is 4.99. The number of para-hydroxylation sites is 1. The van der Waals surface area contributed by atoms with Crippen molar-refractivity contribution in [1.29, 1.82) is 0 Å². The number of benzene rings is 1. The summed E-state index contributed by atoms with van der Waals surface area (Å²) in [4.78, 5) is 11.8. The number of esters is 1. The van der Waals surface area contributed by atoms with E-state index in [-0.39, 0.29) is 5.97 Å². The van der Waals surface area contributed by atoms with Crippen LogP contribution in [-0.4, -0.2) is 22.4 Å². The Bertz CT molecular complexity index is 531. The molecule has 90 valence electrons. The average molecular weight is 232 g/mol. The maximum atomic E-state index is 11.8. The highest BCUT2D eigenvalue weighted by Gasteiger charge is 2.16. The molecule has 0 bridgehead atoms. The van der Waals surface area contributed by atoms with Gasteiger partial charge in [0.25, 0.3) is 0 Å². The highest BCUT2D eigenvalue weighted by Crippen LogP contribution is 2.18. The lowest BCUT2D eigenvalue weighted by atomic mass is 10.2. The number of ether oxygens (including phenoxy) is 1. The molecule has 0 aliphatic rings. The standard InChI is InChI=1S/C13H16N2O2/c1-3-4-9-17-13(16)12-10-7-5-6-8-11(10)15(2)14-12/h5-8H,3-4,9H2,1-2H3. The van der Waals surface area contributed by atoms with E-state index in [0.717, 1.165) is 23.7 Å². The first-order valence-corrected chi connectivity index (χ1v) is 5.83. The Labute approximate surface area is 100 Å². The van der Waals surface area contributed by atoms with Crippen LogP contribution in [0.4, 0.5) is 0 Å². The predicted octanol–water partition coefficient (Wildman–Crippen LogP) is 2.53. The first-order chi connectivity index (χ1) is 8.24. The van der Waals surface area contributed by atoms with Crippen molar-refractivity contribution >= 4 is 16.9 Å². The van der Waals surface area contributed by atoms with Crippen molar-refractivity contribution in [3.63, 3.8) is 0 Å². The van der Waals surface area contributed by atoms with Crippen LogP contribution in [0, 0.1) is 0 Å². The Hall–Kier alpha value is -1.84. The van der Waals surface area contributed by atoms with E-state index in [1.165, 1.54) is 0 Å². The van der Waals surface area contributed by atoms with Crippen LogP contribution < -0.4 is 0 Å². The summed E-state index contributed by atoms with van der Waals surface area (Å²) in [6, 6.07) is 7.65. The minimum atomic E-state index is -0.338. The molecule has 4 nitrogen and oxygen atoms in total. The van der Waals surface area contributed by atoms with Crippen LogP contribution in [-0.2, 0) is 11.8 Å². The number of rotatable bonds is 4. The Morgan fingerprint density at radius 3 is 2.94 bits per heavy atom. The zero-order valence-corrected chi connectivity index (χ0v) is 10.1. The smallest absolute Gasteiger partial charge is 0.359 e. The number of carbonyl (C=O) groups excluding carboxylic acids is 1. The summed E-state index contributed by atoms with van der Waals surface area (Å²) in [7, 11) is 1.82. The molecule has 0 spiro atoms. The molecule has 0 amide bonds. The zero-order chi connectivity index (χ0) is 12.3. The van der Waals surface area contributed by atoms with Gasteiger partial charge in [-0.25, -0.2) is 4.79 Å². The van der Waals surface area contributed by atoms with Crippen LogP contribution in [0.2, 0.25) is 0 Å². The molecule has 0 fully saturated rings. The molecule has 0 aliphatic carbocycles. The third-order valence-corrected chi connectivity index (χ3v) is 2.68. The lowest BCUT2D eigenvalue weighted by Crippen LogP contribution is -2.08. The molecule has 1 aromatic heterocycles. The fourth-order valence-corrected chi connectivity index (χ4v) is 1.74. The van der Waals surface area contributed by atoms with Crippen molar-refractivity contribution in [2.75, 3.05) is 6.61 Å². The lowest BCUT2D eigenvalue weighted by molar-refractivity contribution is 0.0494. The zero-order valence-electron chi connectivity index (χ0n) is 10.1. The van der Waals surface area contributed by atoms with Crippen LogP contribution in [0.5, 0.6) is 0 Å². The molecule has 0 unspecified atom stereocenters. The van der Waals surface area contributed by atoms with Gasteiger partial charge in [-0.05, 0) is 12.5 Å². The quantitative estimate of drug-likeness (QED) is 0.601. The maximum absolute atomic E-state index is 11.8. The molecule has 0 aliphatic heterocycles. The second-order valence-corrected chi connectivity index (χ2v) is 3.98. The number of nitrogens with zero attached hydrogens (tertiary/aromatic N) is 2. The van der Waals surface area contributed by atoms with Gasteiger partial charge in [-0.1, -0.05) is 31.5 Å². The number of aryl methyl sites for hydroxylation is 1. The molecule has 2 rings (SSSR count). The van der Waals surface area contributed by atoms with Crippen molar-refractivity contribution < 1.29 is 9.53 Å². The van der Waals surface area contributed by atoms with Crippen molar-refractivity contribution in [3.05, 3.63) is 30.0 Å². The first-order valence-electron chi connectivity index (χ1n) is 5.83. The molecule has 0 N–H and O–H groups in total. The summed E-state index contributed by atoms with van der Waals surface area (Å²) in [5.74, 6) is -0.338. The predicted molar refractivity (Wildman–Crippen MR) is 65.9 cm³/mol. The number of unbranched alkanes of at least 4 members (excludes halogenated alkanes) is 1. The van der Waals surface area contributed by atoms with Crippen molar-refractivity contribution in [2.24, 2.45) is 7.05 Å². The van der Waals surface area contributed by atoms with E-state index in [4.69, 9.17) is 4.74 Å². The highest BCUT2D eigenvalue weighted by atomic mass is 16.5. The molecule has 0 atom stereocenters. The topological polar surface area (TPSA) is 44.1 Å². The summed E-state index contributed by atoms with van der Waals surface area (Å²) < 4.78 is 6.88. The summed E-state index contributed by atoms with van der Waals surface area (Å²) in [5.41, 5.74) is 1.34. The SMILES string of the molecule is CCCCOC(=O)c1nn(C)c2ccccc12. The van der Waals surface area contributed by atoms with Crippen LogP contribution in [0.1, 0.15) is 30.3 Å². The third kappa shape index (κ3) is 2.30. The fourth-order valence-electron chi connectivity index (χ4n) is 1.74. The van der Waals surface area contributed by atoms with Crippen LogP contribution in [0.3, 0.4) is 0 Å². The van der Waals surface area contributed by atoms with E-state index >= 15 is 0 Å². The van der Waals surface area contributed by atoms with Gasteiger partial charge in [0, 0.05) is 12.4 Å². The van der Waals surface area contributed by atoms with E-state index < -0.39 is 0 Å². The van der Waals surface area contributed by atoms with Gasteiger partial charge in [-0.3, -0.25) is 4.68 Å². The molecule has 0 radical (unpaired) electrons. The van der Waals surface area contributed by atoms with Gasteiger partial charge in [-0.2, -0.15) is 5.10 Å². The van der Waals surface area contributed by atoms with Gasteiger partial charge in [-0.15, -0.1) is 0 Å². The molecule has 0 saturated heterocycles. The normalized spacial score (nSPS) is 10.7. The molecule has 4 heteroatoms. The monoisotopic (exact) mass is 232 g/mol. The van der Waals surface area contributed by atoms with Crippen molar-refractivity contribution in [2.45, 2.75) is 19.8 Å². The summed E-state index contributed by atoms with van der Waals surface area (Å²) in [5, 5.41) is 5.05. The van der Waals surface area contributed by atoms with Crippen LogP contribution >= 0.6 is 0 Å². The lowest BCUT2D eigenvalue weighted by Gasteiger charge is -2.00. The van der Waals surface area contributed by atoms with E-state index in [0.29, 0.717) is 12.3 Å². The van der Waals surface area contributed by atoms with E-state index in [2.05, 4.69) is 12.0 Å². The number of carbonyl (C=O) groups is 1. The number of hydrogen-bond donors (Lipinski definition) is 0. The minimum Gasteiger partial charge on any atom is -0.461 e. The van der Waals surface area contributed by atoms with Crippen LogP contribution in [0.25, 0.3) is 10.9 Å². The second-order valence-electron chi connectivity index (χ2n) is 3.98. The molecule has 17 heavy (non-hydrogen) atoms. The van der Waals surface area contributed by atoms with Crippen molar-refractivity contribution in [1.82, 2.24) is 9.78 Å². The fraction of sp³-hybridized carbons (Fsp3) is 0.385. The Kier molecular flexibility index (Phi) is 3.42. The summed E-state index contributed by atoms with van der Waals surface area (Å²) >= 11 is 0. The van der Waals surface area contributed by atoms with E-state index in [9.17, 15) is 4.79 Å². The molecule has 1 aromatic carbocycles. The molecule has 1 heterocycles. The summed E-state index contributed by atoms with van der Waals surface area (Å²) in [6.45, 7) is 2.52. The Morgan fingerprint density at radius 1 is 1.41 bits per heavy atom. The average Bonchev–Trinajstić information content (AvgIpc) is 2.68. The first kappa shape index (κ1) is 11.6. The molecule has 2 aromatic rings. The van der Waals surface area contributed by atoms with Gasteiger partial charge < -0.3 is 4.74 Å². The van der Waals surface area contributed by atoms with E-state index in [1.54, 1.807) is 4.68 Å². The third-order valence-electron chi connectivity index (χ3n) is 2.68. The van der Waals surface area contributed by atoms with Gasteiger partial charge in [0.15, 0.2) is 5.69 Å². The molecular formula is C13H16N2O2.